The smallest absolute Gasteiger partial charge is 0.163 e. The van der Waals surface area contributed by atoms with E-state index in [4.69, 9.17) is 0 Å². The van der Waals surface area contributed by atoms with Crippen LogP contribution in [0.3, 0.4) is 0 Å². The molecule has 3 unspecified atom stereocenters. The molecule has 2 aromatic rings. The molecule has 4 heteroatoms. The van der Waals surface area contributed by atoms with Gasteiger partial charge in [-0.15, -0.1) is 0 Å². The fourth-order valence-corrected chi connectivity index (χ4v) is 6.70. The van der Waals surface area contributed by atoms with Crippen molar-refractivity contribution in [1.29, 1.82) is 0 Å². The zero-order valence-electron chi connectivity index (χ0n) is 25.3. The van der Waals surface area contributed by atoms with E-state index in [1.54, 1.807) is 0 Å². The Bertz CT molecular complexity index is 1190. The number of hydrogen-bond donors (Lipinski definition) is 0. The zero-order valence-corrected chi connectivity index (χ0v) is 25.3. The number of Topliss-reactive ketones (excluding diaryl/α,β-unsaturated/α-hetero) is 4. The van der Waals surface area contributed by atoms with Gasteiger partial charge in [0.05, 0.1) is 6.42 Å². The van der Waals surface area contributed by atoms with E-state index in [9.17, 15) is 19.2 Å². The maximum absolute atomic E-state index is 13.5. The molecule has 0 saturated heterocycles. The summed E-state index contributed by atoms with van der Waals surface area (Å²) in [7, 11) is 0. The lowest BCUT2D eigenvalue weighted by Crippen LogP contribution is -2.30. The topological polar surface area (TPSA) is 68.3 Å². The van der Waals surface area contributed by atoms with Gasteiger partial charge < -0.3 is 0 Å². The monoisotopic (exact) mass is 544 g/mol. The number of carbonyl (C=O) groups is 4. The van der Waals surface area contributed by atoms with Gasteiger partial charge in [-0.25, -0.2) is 0 Å². The highest BCUT2D eigenvalue weighted by Gasteiger charge is 2.34. The third kappa shape index (κ3) is 8.32. The molecule has 3 atom stereocenters. The summed E-state index contributed by atoms with van der Waals surface area (Å²) in [5.74, 6) is 0.688. The molecule has 0 aromatic heterocycles. The predicted octanol–water partition coefficient (Wildman–Crippen LogP) is 8.48. The van der Waals surface area contributed by atoms with Crippen LogP contribution in [0.2, 0.25) is 0 Å². The fraction of sp³-hybridized carbons (Fsp3) is 0.556. The lowest BCUT2D eigenvalue weighted by atomic mass is 9.71. The van der Waals surface area contributed by atoms with Crippen LogP contribution in [-0.4, -0.2) is 23.1 Å². The summed E-state index contributed by atoms with van der Waals surface area (Å²) < 4.78 is 0. The van der Waals surface area contributed by atoms with E-state index < -0.39 is 0 Å². The molecule has 4 nitrogen and oxygen atoms in total. The van der Waals surface area contributed by atoms with Crippen molar-refractivity contribution >= 4 is 23.1 Å². The molecule has 0 saturated carbocycles. The summed E-state index contributed by atoms with van der Waals surface area (Å²) in [5.41, 5.74) is 6.18. The minimum Gasteiger partial charge on any atom is -0.300 e. The second-order valence-corrected chi connectivity index (χ2v) is 12.0. The number of rotatable bonds is 16. The first-order valence-electron chi connectivity index (χ1n) is 15.5. The molecule has 0 bridgehead atoms. The maximum Gasteiger partial charge on any atom is 0.163 e. The molecule has 3 rings (SSSR count). The van der Waals surface area contributed by atoms with Crippen molar-refractivity contribution in [2.24, 2.45) is 17.8 Å². The molecule has 1 aliphatic rings. The number of aryl methyl sites for hydroxylation is 1. The lowest BCUT2D eigenvalue weighted by molar-refractivity contribution is -0.130. The van der Waals surface area contributed by atoms with Crippen molar-refractivity contribution in [3.05, 3.63) is 58.7 Å². The molecule has 0 aliphatic heterocycles. The van der Waals surface area contributed by atoms with Crippen LogP contribution in [0.15, 0.2) is 36.4 Å². The van der Waals surface area contributed by atoms with Gasteiger partial charge in [0, 0.05) is 30.7 Å². The van der Waals surface area contributed by atoms with Gasteiger partial charge in [0.25, 0.3) is 0 Å². The lowest BCUT2D eigenvalue weighted by Gasteiger charge is -2.32. The fourth-order valence-electron chi connectivity index (χ4n) is 6.70. The van der Waals surface area contributed by atoms with Crippen LogP contribution in [0.4, 0.5) is 0 Å². The van der Waals surface area contributed by atoms with E-state index in [-0.39, 0.29) is 47.3 Å². The van der Waals surface area contributed by atoms with E-state index in [0.29, 0.717) is 19.3 Å². The summed E-state index contributed by atoms with van der Waals surface area (Å²) in [6.07, 6.45) is 9.07. The predicted molar refractivity (Wildman–Crippen MR) is 163 cm³/mol. The van der Waals surface area contributed by atoms with Gasteiger partial charge in [0.2, 0.25) is 0 Å². The molecule has 40 heavy (non-hydrogen) atoms. The third-order valence-electron chi connectivity index (χ3n) is 8.63. The first-order valence-corrected chi connectivity index (χ1v) is 15.5. The quantitative estimate of drug-likeness (QED) is 0.157. The molecule has 1 aliphatic carbocycles. The van der Waals surface area contributed by atoms with Crippen molar-refractivity contribution in [3.63, 3.8) is 0 Å². The molecule has 0 heterocycles. The number of fused-ring (bicyclic) bond motifs is 1. The average molecular weight is 545 g/mol. The highest BCUT2D eigenvalue weighted by atomic mass is 16.1. The van der Waals surface area contributed by atoms with Crippen LogP contribution in [-0.2, 0) is 27.2 Å². The molecule has 0 spiro atoms. The molecule has 216 valence electrons. The molecule has 0 N–H and O–H groups in total. The number of carbonyl (C=O) groups excluding carboxylic acids is 4. The highest BCUT2D eigenvalue weighted by molar-refractivity contribution is 6.02. The van der Waals surface area contributed by atoms with E-state index in [1.807, 2.05) is 32.0 Å². The summed E-state index contributed by atoms with van der Waals surface area (Å²) >= 11 is 0. The van der Waals surface area contributed by atoms with Crippen LogP contribution in [0, 0.1) is 24.7 Å². The van der Waals surface area contributed by atoms with Crippen LogP contribution in [0.25, 0.3) is 11.1 Å². The molecular formula is C36H48O4. The van der Waals surface area contributed by atoms with Gasteiger partial charge in [-0.05, 0) is 79.2 Å². The Kier molecular flexibility index (Phi) is 12.0. The summed E-state index contributed by atoms with van der Waals surface area (Å²) in [6, 6.07) is 12.4. The van der Waals surface area contributed by atoms with Crippen LogP contribution < -0.4 is 0 Å². The molecular weight excluding hydrogens is 496 g/mol. The van der Waals surface area contributed by atoms with Gasteiger partial charge in [-0.1, -0.05) is 82.9 Å². The first-order chi connectivity index (χ1) is 19.2. The Morgan fingerprint density at radius 2 is 1.65 bits per heavy atom. The van der Waals surface area contributed by atoms with E-state index in [2.05, 4.69) is 32.0 Å². The molecule has 2 aromatic carbocycles. The Balaban J connectivity index is 1.83. The van der Waals surface area contributed by atoms with Crippen molar-refractivity contribution < 1.29 is 19.2 Å². The summed E-state index contributed by atoms with van der Waals surface area (Å²) in [5, 5.41) is 0. The SMILES string of the molecule is CCCCCC(=O)Cc1ccc(-c2ccc(C)c3c2CC(CC(CCC)C(CC)C(=O)CC(C)=O)CC3=O)cc1. The van der Waals surface area contributed by atoms with Gasteiger partial charge in [-0.3, -0.25) is 19.2 Å². The number of benzene rings is 2. The van der Waals surface area contributed by atoms with Crippen molar-refractivity contribution in [2.75, 3.05) is 0 Å². The van der Waals surface area contributed by atoms with Crippen molar-refractivity contribution in [1.82, 2.24) is 0 Å². The standard InChI is InChI=1S/C36H48O4/c1-6-9-10-12-30(38)21-26-14-16-28(17-15-26)32-18-13-24(4)36-33(32)22-27(23-35(36)40)20-29(11-7-2)31(8-3)34(39)19-25(5)37/h13-18,27,29,31H,6-12,19-23H2,1-5H3. The second kappa shape index (κ2) is 15.2. The average Bonchev–Trinajstić information content (AvgIpc) is 2.89. The van der Waals surface area contributed by atoms with Crippen LogP contribution >= 0.6 is 0 Å². The van der Waals surface area contributed by atoms with Crippen LogP contribution in [0.5, 0.6) is 0 Å². The molecule has 0 fully saturated rings. The van der Waals surface area contributed by atoms with Gasteiger partial charge in [0.15, 0.2) is 5.78 Å². The van der Waals surface area contributed by atoms with Crippen molar-refractivity contribution in [2.45, 2.75) is 112 Å². The van der Waals surface area contributed by atoms with Gasteiger partial charge >= 0.3 is 0 Å². The summed E-state index contributed by atoms with van der Waals surface area (Å²) in [6.45, 7) is 9.82. The Morgan fingerprint density at radius 3 is 2.27 bits per heavy atom. The minimum atomic E-state index is -0.130. The van der Waals surface area contributed by atoms with E-state index in [1.165, 1.54) is 6.92 Å². The van der Waals surface area contributed by atoms with Gasteiger partial charge in [-0.2, -0.15) is 0 Å². The first kappa shape index (κ1) is 31.6. The molecule has 0 amide bonds. The number of unbranched alkanes of at least 4 members (excludes halogenated alkanes) is 2. The maximum atomic E-state index is 13.5. The highest BCUT2D eigenvalue weighted by Crippen LogP contribution is 2.40. The van der Waals surface area contributed by atoms with E-state index in [0.717, 1.165) is 84.7 Å². The van der Waals surface area contributed by atoms with Crippen molar-refractivity contribution in [3.8, 4) is 11.1 Å². The minimum absolute atomic E-state index is 0.00876. The number of ketones is 4. The third-order valence-corrected chi connectivity index (χ3v) is 8.63. The largest absolute Gasteiger partial charge is 0.300 e. The summed E-state index contributed by atoms with van der Waals surface area (Å²) in [4.78, 5) is 50.5. The number of hydrogen-bond acceptors (Lipinski definition) is 4. The Hall–Kier alpha value is -2.88. The molecule has 0 radical (unpaired) electrons. The van der Waals surface area contributed by atoms with Crippen LogP contribution in [0.1, 0.15) is 119 Å². The van der Waals surface area contributed by atoms with E-state index >= 15 is 0 Å². The van der Waals surface area contributed by atoms with Gasteiger partial charge in [0.1, 0.15) is 17.3 Å². The normalized spacial score (nSPS) is 16.3. The Morgan fingerprint density at radius 1 is 0.925 bits per heavy atom. The second-order valence-electron chi connectivity index (χ2n) is 12.0. The Labute approximate surface area is 241 Å². The zero-order chi connectivity index (χ0) is 29.2.